The highest BCUT2D eigenvalue weighted by molar-refractivity contribution is 5.84. The minimum atomic E-state index is -0.391. The maximum atomic E-state index is 11.8. The van der Waals surface area contributed by atoms with Crippen molar-refractivity contribution in [3.63, 3.8) is 0 Å². The van der Waals surface area contributed by atoms with Gasteiger partial charge in [0.1, 0.15) is 11.9 Å². The summed E-state index contributed by atoms with van der Waals surface area (Å²) in [5, 5.41) is 2.74. The SMILES string of the molecule is CCN1CCCC(OC(=O)Nc2ccc(OC)cc2)C1. The maximum Gasteiger partial charge on any atom is 0.411 e. The van der Waals surface area contributed by atoms with Gasteiger partial charge in [0.2, 0.25) is 0 Å². The van der Waals surface area contributed by atoms with Gasteiger partial charge in [0.15, 0.2) is 0 Å². The van der Waals surface area contributed by atoms with E-state index in [1.165, 1.54) is 0 Å². The normalized spacial score (nSPS) is 19.4. The summed E-state index contributed by atoms with van der Waals surface area (Å²) >= 11 is 0. The number of anilines is 1. The highest BCUT2D eigenvalue weighted by atomic mass is 16.6. The minimum Gasteiger partial charge on any atom is -0.497 e. The van der Waals surface area contributed by atoms with Gasteiger partial charge in [0, 0.05) is 12.2 Å². The quantitative estimate of drug-likeness (QED) is 0.920. The van der Waals surface area contributed by atoms with Crippen LogP contribution in [0.2, 0.25) is 0 Å². The van der Waals surface area contributed by atoms with E-state index in [2.05, 4.69) is 17.1 Å². The summed E-state index contributed by atoms with van der Waals surface area (Å²) in [5.74, 6) is 0.759. The third-order valence-corrected chi connectivity index (χ3v) is 3.52. The third kappa shape index (κ3) is 4.13. The van der Waals surface area contributed by atoms with Crippen molar-refractivity contribution < 1.29 is 14.3 Å². The van der Waals surface area contributed by atoms with Gasteiger partial charge >= 0.3 is 6.09 Å². The Morgan fingerprint density at radius 1 is 1.40 bits per heavy atom. The first-order valence-electron chi connectivity index (χ1n) is 7.05. The monoisotopic (exact) mass is 278 g/mol. The van der Waals surface area contributed by atoms with Crippen LogP contribution in [0.3, 0.4) is 0 Å². The van der Waals surface area contributed by atoms with Crippen molar-refractivity contribution in [2.75, 3.05) is 32.1 Å². The fourth-order valence-corrected chi connectivity index (χ4v) is 2.37. The first-order valence-corrected chi connectivity index (χ1v) is 7.05. The Labute approximate surface area is 119 Å². The molecule has 0 bridgehead atoms. The number of amides is 1. The first-order chi connectivity index (χ1) is 9.71. The van der Waals surface area contributed by atoms with Crippen LogP contribution < -0.4 is 10.1 Å². The van der Waals surface area contributed by atoms with Gasteiger partial charge in [0.25, 0.3) is 0 Å². The van der Waals surface area contributed by atoms with Gasteiger partial charge in [0.05, 0.1) is 7.11 Å². The zero-order valence-electron chi connectivity index (χ0n) is 12.1. The van der Waals surface area contributed by atoms with Gasteiger partial charge in [-0.3, -0.25) is 10.2 Å². The lowest BCUT2D eigenvalue weighted by molar-refractivity contribution is 0.0520. The van der Waals surface area contributed by atoms with Crippen LogP contribution in [0.25, 0.3) is 0 Å². The number of piperidine rings is 1. The lowest BCUT2D eigenvalue weighted by Crippen LogP contribution is -2.40. The van der Waals surface area contributed by atoms with Crippen LogP contribution in [0.4, 0.5) is 10.5 Å². The summed E-state index contributed by atoms with van der Waals surface area (Å²) in [7, 11) is 1.61. The number of benzene rings is 1. The number of likely N-dealkylation sites (tertiary alicyclic amines) is 1. The number of nitrogens with zero attached hydrogens (tertiary/aromatic N) is 1. The van der Waals surface area contributed by atoms with Crippen LogP contribution in [0.1, 0.15) is 19.8 Å². The molecule has 20 heavy (non-hydrogen) atoms. The molecule has 1 fully saturated rings. The molecule has 1 amide bonds. The van der Waals surface area contributed by atoms with E-state index in [1.807, 2.05) is 0 Å². The summed E-state index contributed by atoms with van der Waals surface area (Å²) in [6.07, 6.45) is 1.61. The third-order valence-electron chi connectivity index (χ3n) is 3.52. The summed E-state index contributed by atoms with van der Waals surface area (Å²) in [4.78, 5) is 14.1. The van der Waals surface area contributed by atoms with Crippen molar-refractivity contribution in [2.24, 2.45) is 0 Å². The molecule has 1 heterocycles. The summed E-state index contributed by atoms with van der Waals surface area (Å²) < 4.78 is 10.5. The van der Waals surface area contributed by atoms with Crippen LogP contribution >= 0.6 is 0 Å². The van der Waals surface area contributed by atoms with Crippen molar-refractivity contribution in [2.45, 2.75) is 25.9 Å². The summed E-state index contributed by atoms with van der Waals surface area (Å²) in [6, 6.07) is 7.18. The minimum absolute atomic E-state index is 0.0121. The molecule has 1 aliphatic rings. The molecule has 0 spiro atoms. The highest BCUT2D eigenvalue weighted by Crippen LogP contribution is 2.17. The fourth-order valence-electron chi connectivity index (χ4n) is 2.37. The van der Waals surface area contributed by atoms with E-state index in [0.717, 1.165) is 38.2 Å². The van der Waals surface area contributed by atoms with Gasteiger partial charge in [-0.25, -0.2) is 4.79 Å². The average Bonchev–Trinajstić information content (AvgIpc) is 2.48. The molecule has 1 aromatic carbocycles. The molecule has 5 nitrogen and oxygen atoms in total. The van der Waals surface area contributed by atoms with Gasteiger partial charge in [-0.1, -0.05) is 6.92 Å². The van der Waals surface area contributed by atoms with Gasteiger partial charge in [-0.05, 0) is 50.2 Å². The molecule has 110 valence electrons. The fraction of sp³-hybridized carbons (Fsp3) is 0.533. The number of hydrogen-bond acceptors (Lipinski definition) is 4. The summed E-state index contributed by atoms with van der Waals surface area (Å²) in [6.45, 7) is 5.04. The molecule has 0 saturated carbocycles. The summed E-state index contributed by atoms with van der Waals surface area (Å²) in [5.41, 5.74) is 0.707. The molecule has 1 N–H and O–H groups in total. The number of methoxy groups -OCH3 is 1. The maximum absolute atomic E-state index is 11.8. The highest BCUT2D eigenvalue weighted by Gasteiger charge is 2.21. The van der Waals surface area contributed by atoms with Crippen molar-refractivity contribution in [3.8, 4) is 5.75 Å². The van der Waals surface area contributed by atoms with E-state index < -0.39 is 6.09 Å². The predicted octanol–water partition coefficient (Wildman–Crippen LogP) is 2.73. The van der Waals surface area contributed by atoms with E-state index >= 15 is 0 Å². The zero-order valence-corrected chi connectivity index (χ0v) is 12.1. The van der Waals surface area contributed by atoms with Crippen LogP contribution in [-0.2, 0) is 4.74 Å². The second-order valence-electron chi connectivity index (χ2n) is 4.92. The molecule has 1 unspecified atom stereocenters. The number of ether oxygens (including phenoxy) is 2. The Morgan fingerprint density at radius 2 is 2.15 bits per heavy atom. The van der Waals surface area contributed by atoms with Gasteiger partial charge < -0.3 is 9.47 Å². The topological polar surface area (TPSA) is 50.8 Å². The lowest BCUT2D eigenvalue weighted by Gasteiger charge is -2.31. The zero-order chi connectivity index (χ0) is 14.4. The predicted molar refractivity (Wildman–Crippen MR) is 78.2 cm³/mol. The van der Waals surface area contributed by atoms with E-state index in [4.69, 9.17) is 9.47 Å². The molecule has 1 aromatic rings. The molecular formula is C15H22N2O3. The van der Waals surface area contributed by atoms with Crippen LogP contribution in [0.5, 0.6) is 5.75 Å². The molecule has 0 aromatic heterocycles. The van der Waals surface area contributed by atoms with Crippen molar-refractivity contribution in [1.82, 2.24) is 4.90 Å². The first kappa shape index (κ1) is 14.7. The van der Waals surface area contributed by atoms with Crippen molar-refractivity contribution in [1.29, 1.82) is 0 Å². The van der Waals surface area contributed by atoms with E-state index in [1.54, 1.807) is 31.4 Å². The molecule has 1 aliphatic heterocycles. The van der Waals surface area contributed by atoms with Gasteiger partial charge in [-0.15, -0.1) is 0 Å². The number of hydrogen-bond donors (Lipinski definition) is 1. The lowest BCUT2D eigenvalue weighted by atomic mass is 10.1. The Bertz CT molecular complexity index is 433. The number of likely N-dealkylation sites (N-methyl/N-ethyl adjacent to an activating group) is 1. The van der Waals surface area contributed by atoms with Crippen LogP contribution in [0.15, 0.2) is 24.3 Å². The van der Waals surface area contributed by atoms with Crippen molar-refractivity contribution in [3.05, 3.63) is 24.3 Å². The largest absolute Gasteiger partial charge is 0.497 e. The smallest absolute Gasteiger partial charge is 0.411 e. The molecule has 5 heteroatoms. The molecule has 1 atom stereocenters. The van der Waals surface area contributed by atoms with Crippen LogP contribution in [-0.4, -0.2) is 43.8 Å². The number of carbonyl (C=O) groups is 1. The Morgan fingerprint density at radius 3 is 2.80 bits per heavy atom. The molecule has 0 radical (unpaired) electrons. The number of nitrogens with one attached hydrogen (secondary N) is 1. The van der Waals surface area contributed by atoms with Crippen molar-refractivity contribution >= 4 is 11.8 Å². The standard InChI is InChI=1S/C15H22N2O3/c1-3-17-10-4-5-14(11-17)20-15(18)16-12-6-8-13(19-2)9-7-12/h6-9,14H,3-5,10-11H2,1-2H3,(H,16,18). The Balaban J connectivity index is 1.82. The second kappa shape index (κ2) is 7.14. The molecule has 0 aliphatic carbocycles. The molecular weight excluding hydrogens is 256 g/mol. The van der Waals surface area contributed by atoms with Crippen LogP contribution in [0, 0.1) is 0 Å². The number of rotatable bonds is 4. The molecule has 1 saturated heterocycles. The van der Waals surface area contributed by atoms with E-state index in [-0.39, 0.29) is 6.10 Å². The van der Waals surface area contributed by atoms with E-state index in [9.17, 15) is 4.79 Å². The Kier molecular flexibility index (Phi) is 5.24. The second-order valence-corrected chi connectivity index (χ2v) is 4.92. The molecule has 2 rings (SSSR count). The number of carbonyl (C=O) groups excluding carboxylic acids is 1. The Hall–Kier alpha value is -1.75. The average molecular weight is 278 g/mol. The van der Waals surface area contributed by atoms with Gasteiger partial charge in [-0.2, -0.15) is 0 Å². The van der Waals surface area contributed by atoms with E-state index in [0.29, 0.717) is 5.69 Å².